The van der Waals surface area contributed by atoms with E-state index in [2.05, 4.69) is 73.5 Å². The molecule has 1 unspecified atom stereocenters. The van der Waals surface area contributed by atoms with Gasteiger partial charge in [-0.2, -0.15) is 0 Å². The molecule has 0 fully saturated rings. The standard InChI is InChI=1S/C25H33N3.H3O2P/c1-4-20-8-10-21(11-9-20)24-7-5-6-23(18-27-15-12-19(2)3)28-25(24)22-13-16-26-17-14-22;1-3-2/h7-11,13-14,16-17,19,23,27H,4-6,12,15,18H2,1-3H3;1-3H. The highest BCUT2D eigenvalue weighted by atomic mass is 31.1. The van der Waals surface area contributed by atoms with Gasteiger partial charge in [-0.15, -0.1) is 0 Å². The maximum Gasteiger partial charge on any atom is 0.149 e. The van der Waals surface area contributed by atoms with Crippen LogP contribution >= 0.6 is 9.03 Å². The quantitative estimate of drug-likeness (QED) is 0.406. The molecule has 6 heteroatoms. The zero-order chi connectivity index (χ0) is 22.5. The van der Waals surface area contributed by atoms with E-state index in [-0.39, 0.29) is 0 Å². The summed E-state index contributed by atoms with van der Waals surface area (Å²) >= 11 is 0. The number of aliphatic imine (C=N–C) groups is 1. The molecule has 168 valence electrons. The van der Waals surface area contributed by atoms with Gasteiger partial charge in [0.15, 0.2) is 0 Å². The fourth-order valence-electron chi connectivity index (χ4n) is 3.55. The molecule has 0 saturated heterocycles. The highest BCUT2D eigenvalue weighted by Gasteiger charge is 2.18. The second-order valence-corrected chi connectivity index (χ2v) is 8.30. The number of rotatable bonds is 8. The van der Waals surface area contributed by atoms with Crippen LogP contribution in [0.4, 0.5) is 0 Å². The van der Waals surface area contributed by atoms with Crippen LogP contribution in [0.3, 0.4) is 0 Å². The van der Waals surface area contributed by atoms with Crippen molar-refractivity contribution >= 4 is 20.3 Å². The molecule has 0 radical (unpaired) electrons. The van der Waals surface area contributed by atoms with Crippen LogP contribution in [0.25, 0.3) is 5.57 Å². The molecule has 31 heavy (non-hydrogen) atoms. The number of hydrogen-bond acceptors (Lipinski definition) is 5. The van der Waals surface area contributed by atoms with Gasteiger partial charge < -0.3 is 15.1 Å². The van der Waals surface area contributed by atoms with Crippen LogP contribution in [0.15, 0.2) is 59.9 Å². The van der Waals surface area contributed by atoms with Gasteiger partial charge in [0, 0.05) is 30.1 Å². The predicted molar refractivity (Wildman–Crippen MR) is 133 cm³/mol. The number of aromatic nitrogens is 1. The van der Waals surface area contributed by atoms with Crippen LogP contribution < -0.4 is 5.32 Å². The van der Waals surface area contributed by atoms with Gasteiger partial charge >= 0.3 is 0 Å². The number of allylic oxidation sites excluding steroid dienone is 2. The summed E-state index contributed by atoms with van der Waals surface area (Å²) in [6.07, 6.45) is 10.5. The monoisotopic (exact) mass is 441 g/mol. The molecule has 5 nitrogen and oxygen atoms in total. The van der Waals surface area contributed by atoms with Gasteiger partial charge in [-0.1, -0.05) is 51.1 Å². The molecule has 1 aromatic heterocycles. The molecular formula is C25H36N3O2P. The summed E-state index contributed by atoms with van der Waals surface area (Å²) in [7, 11) is -0.917. The third kappa shape index (κ3) is 8.62. The smallest absolute Gasteiger partial charge is 0.149 e. The van der Waals surface area contributed by atoms with Crippen LogP contribution in [-0.4, -0.2) is 39.6 Å². The molecule has 0 aliphatic carbocycles. The van der Waals surface area contributed by atoms with E-state index in [1.54, 1.807) is 0 Å². The molecule has 2 aromatic rings. The van der Waals surface area contributed by atoms with Gasteiger partial charge in [-0.3, -0.25) is 9.98 Å². The lowest BCUT2D eigenvalue weighted by atomic mass is 9.95. The second-order valence-electron chi connectivity index (χ2n) is 8.10. The summed E-state index contributed by atoms with van der Waals surface area (Å²) < 4.78 is 0. The minimum atomic E-state index is -0.917. The number of benzene rings is 1. The summed E-state index contributed by atoms with van der Waals surface area (Å²) in [6.45, 7) is 8.74. The van der Waals surface area contributed by atoms with Crippen molar-refractivity contribution in [2.45, 2.75) is 52.5 Å². The molecule has 1 aromatic carbocycles. The lowest BCUT2D eigenvalue weighted by Gasteiger charge is -2.16. The molecule has 1 aliphatic heterocycles. The Hall–Kier alpha value is -1.91. The van der Waals surface area contributed by atoms with Crippen LogP contribution in [0.5, 0.6) is 0 Å². The van der Waals surface area contributed by atoms with Crippen molar-refractivity contribution in [3.05, 3.63) is 71.6 Å². The van der Waals surface area contributed by atoms with E-state index < -0.39 is 9.03 Å². The summed E-state index contributed by atoms with van der Waals surface area (Å²) in [6, 6.07) is 13.4. The normalized spacial score (nSPS) is 16.1. The van der Waals surface area contributed by atoms with Gasteiger partial charge in [-0.25, -0.2) is 0 Å². The fourth-order valence-corrected chi connectivity index (χ4v) is 3.55. The SMILES string of the molecule is CCc1ccc(C2=CCCC(CNCCC(C)C)N=C2c2ccncc2)cc1.OPO. The third-order valence-corrected chi connectivity index (χ3v) is 5.32. The number of nitrogens with one attached hydrogen (secondary N) is 1. The first-order valence-corrected chi connectivity index (χ1v) is 12.0. The van der Waals surface area contributed by atoms with E-state index in [1.807, 2.05) is 12.4 Å². The minimum Gasteiger partial charge on any atom is -0.352 e. The van der Waals surface area contributed by atoms with Crippen molar-refractivity contribution < 1.29 is 9.79 Å². The predicted octanol–water partition coefficient (Wildman–Crippen LogP) is 4.79. The summed E-state index contributed by atoms with van der Waals surface area (Å²) in [4.78, 5) is 23.7. The lowest BCUT2D eigenvalue weighted by Crippen LogP contribution is -2.27. The Kier molecular flexibility index (Phi) is 11.6. The zero-order valence-corrected chi connectivity index (χ0v) is 19.9. The summed E-state index contributed by atoms with van der Waals surface area (Å²) in [5.41, 5.74) is 6.11. The van der Waals surface area contributed by atoms with E-state index in [0.717, 1.165) is 49.5 Å². The van der Waals surface area contributed by atoms with Crippen molar-refractivity contribution in [2.75, 3.05) is 13.1 Å². The van der Waals surface area contributed by atoms with Crippen molar-refractivity contribution in [1.29, 1.82) is 0 Å². The molecule has 0 spiro atoms. The topological polar surface area (TPSA) is 77.7 Å². The van der Waals surface area contributed by atoms with Gasteiger partial charge in [0.1, 0.15) is 9.03 Å². The number of nitrogens with zero attached hydrogens (tertiary/aromatic N) is 2. The number of hydrogen-bond donors (Lipinski definition) is 3. The minimum absolute atomic E-state index is 0.305. The van der Waals surface area contributed by atoms with Crippen LogP contribution in [0, 0.1) is 5.92 Å². The first-order chi connectivity index (χ1) is 15.1. The van der Waals surface area contributed by atoms with E-state index in [1.165, 1.54) is 23.1 Å². The first kappa shape index (κ1) is 25.4. The van der Waals surface area contributed by atoms with Gasteiger partial charge in [-0.05, 0) is 61.4 Å². The molecule has 2 heterocycles. The average molecular weight is 442 g/mol. The van der Waals surface area contributed by atoms with Crippen LogP contribution in [-0.2, 0) is 6.42 Å². The summed E-state index contributed by atoms with van der Waals surface area (Å²) in [5.74, 6) is 0.733. The Balaban J connectivity index is 0.00000107. The van der Waals surface area contributed by atoms with Crippen molar-refractivity contribution in [2.24, 2.45) is 10.9 Å². The Bertz CT molecular complexity index is 820. The first-order valence-electron chi connectivity index (χ1n) is 11.1. The fraction of sp³-hybridized carbons (Fsp3) is 0.440. The second kappa shape index (κ2) is 14.2. The lowest BCUT2D eigenvalue weighted by molar-refractivity contribution is 0.502. The molecule has 0 bridgehead atoms. The van der Waals surface area contributed by atoms with Gasteiger partial charge in [0.2, 0.25) is 0 Å². The zero-order valence-electron chi connectivity index (χ0n) is 18.9. The average Bonchev–Trinajstić information content (AvgIpc) is 3.00. The molecule has 0 amide bonds. The molecule has 3 N–H and O–H groups in total. The number of pyridine rings is 1. The molecule has 3 rings (SSSR count). The largest absolute Gasteiger partial charge is 0.352 e. The molecule has 0 saturated carbocycles. The van der Waals surface area contributed by atoms with E-state index in [9.17, 15) is 0 Å². The molecular weight excluding hydrogens is 405 g/mol. The van der Waals surface area contributed by atoms with Crippen molar-refractivity contribution in [1.82, 2.24) is 10.3 Å². The Labute approximate surface area is 188 Å². The summed E-state index contributed by atoms with van der Waals surface area (Å²) in [5, 5.41) is 3.61. The van der Waals surface area contributed by atoms with Gasteiger partial charge in [0.05, 0.1) is 11.8 Å². The number of aryl methyl sites for hydroxylation is 1. The Morgan fingerprint density at radius 1 is 1.06 bits per heavy atom. The maximum absolute atomic E-state index is 7.15. The highest BCUT2D eigenvalue weighted by molar-refractivity contribution is 7.23. The van der Waals surface area contributed by atoms with Gasteiger partial charge in [0.25, 0.3) is 0 Å². The molecule has 1 atom stereocenters. The Morgan fingerprint density at radius 2 is 1.74 bits per heavy atom. The van der Waals surface area contributed by atoms with Crippen LogP contribution in [0.2, 0.25) is 0 Å². The van der Waals surface area contributed by atoms with E-state index in [4.69, 9.17) is 14.8 Å². The molecule has 1 aliphatic rings. The highest BCUT2D eigenvalue weighted by Crippen LogP contribution is 2.26. The Morgan fingerprint density at radius 3 is 2.35 bits per heavy atom. The maximum atomic E-state index is 7.15. The van der Waals surface area contributed by atoms with Crippen molar-refractivity contribution in [3.8, 4) is 0 Å². The third-order valence-electron chi connectivity index (χ3n) is 5.32. The van der Waals surface area contributed by atoms with Crippen molar-refractivity contribution in [3.63, 3.8) is 0 Å². The van der Waals surface area contributed by atoms with E-state index in [0.29, 0.717) is 6.04 Å². The van der Waals surface area contributed by atoms with E-state index >= 15 is 0 Å². The van der Waals surface area contributed by atoms with Crippen LogP contribution in [0.1, 0.15) is 56.7 Å².